The van der Waals surface area contributed by atoms with Gasteiger partial charge in [0.25, 0.3) is 10.0 Å². The van der Waals surface area contributed by atoms with Gasteiger partial charge in [0, 0.05) is 18.8 Å². The molecule has 1 saturated heterocycles. The third-order valence-electron chi connectivity index (χ3n) is 4.58. The van der Waals surface area contributed by atoms with Crippen LogP contribution in [0.2, 0.25) is 0 Å². The number of hydrogen-bond donors (Lipinski definition) is 1. The van der Waals surface area contributed by atoms with Crippen LogP contribution in [0.5, 0.6) is 0 Å². The van der Waals surface area contributed by atoms with Crippen LogP contribution in [-0.2, 0) is 20.0 Å². The number of nitrogens with one attached hydrogen (secondary N) is 1. The first-order valence-electron chi connectivity index (χ1n) is 8.96. The van der Waals surface area contributed by atoms with Crippen LogP contribution in [0.15, 0.2) is 58.3 Å². The molecule has 1 fully saturated rings. The molecule has 1 heterocycles. The van der Waals surface area contributed by atoms with Crippen LogP contribution < -0.4 is 4.72 Å². The summed E-state index contributed by atoms with van der Waals surface area (Å²) in [5.74, 6) is 0. The Bertz CT molecular complexity index is 1080. The minimum atomic E-state index is -3.88. The molecule has 1 aliphatic heterocycles. The van der Waals surface area contributed by atoms with E-state index in [1.165, 1.54) is 52.8 Å². The molecule has 0 bridgehead atoms. The molecule has 0 saturated carbocycles. The van der Waals surface area contributed by atoms with Gasteiger partial charge < -0.3 is 0 Å². The van der Waals surface area contributed by atoms with Gasteiger partial charge in [-0.2, -0.15) is 9.57 Å². The number of benzene rings is 2. The SMILES string of the molecule is N#Cc1cccc(S(=O)(=O)Nc2ccc(S(=O)(=O)N3CCCCCC3)cc2)c1. The Hall–Kier alpha value is -2.41. The lowest BCUT2D eigenvalue weighted by molar-refractivity contribution is 0.424. The predicted octanol–water partition coefficient (Wildman–Crippen LogP) is 2.92. The lowest BCUT2D eigenvalue weighted by atomic mass is 10.2. The maximum Gasteiger partial charge on any atom is 0.261 e. The van der Waals surface area contributed by atoms with Crippen molar-refractivity contribution >= 4 is 25.7 Å². The number of nitrogens with zero attached hydrogens (tertiary/aromatic N) is 2. The molecule has 3 rings (SSSR count). The van der Waals surface area contributed by atoms with E-state index in [9.17, 15) is 16.8 Å². The highest BCUT2D eigenvalue weighted by molar-refractivity contribution is 7.92. The van der Waals surface area contributed by atoms with Gasteiger partial charge in [0.2, 0.25) is 10.0 Å². The first kappa shape index (κ1) is 20.3. The average Bonchev–Trinajstić information content (AvgIpc) is 2.98. The molecule has 0 aliphatic carbocycles. The fourth-order valence-corrected chi connectivity index (χ4v) is 5.69. The summed E-state index contributed by atoms with van der Waals surface area (Å²) in [6.07, 6.45) is 3.75. The third-order valence-corrected chi connectivity index (χ3v) is 7.87. The fraction of sp³-hybridized carbons (Fsp3) is 0.316. The van der Waals surface area contributed by atoms with Crippen LogP contribution in [0.1, 0.15) is 31.2 Å². The highest BCUT2D eigenvalue weighted by Gasteiger charge is 2.25. The van der Waals surface area contributed by atoms with Crippen molar-refractivity contribution in [2.24, 2.45) is 0 Å². The molecule has 0 radical (unpaired) electrons. The number of hydrogen-bond acceptors (Lipinski definition) is 5. The molecular formula is C19H21N3O4S2. The van der Waals surface area contributed by atoms with Crippen LogP contribution in [0.3, 0.4) is 0 Å². The molecule has 0 spiro atoms. The van der Waals surface area contributed by atoms with Crippen molar-refractivity contribution in [1.82, 2.24) is 4.31 Å². The Kier molecular flexibility index (Phi) is 6.03. The van der Waals surface area contributed by atoms with Crippen LogP contribution in [0, 0.1) is 11.3 Å². The van der Waals surface area contributed by atoms with Crippen molar-refractivity contribution in [1.29, 1.82) is 5.26 Å². The monoisotopic (exact) mass is 419 g/mol. The van der Waals surface area contributed by atoms with Crippen molar-refractivity contribution in [3.05, 3.63) is 54.1 Å². The first-order chi connectivity index (χ1) is 13.3. The summed E-state index contributed by atoms with van der Waals surface area (Å²) in [4.78, 5) is 0.108. The van der Waals surface area contributed by atoms with E-state index in [-0.39, 0.29) is 21.0 Å². The van der Waals surface area contributed by atoms with E-state index in [1.807, 2.05) is 6.07 Å². The van der Waals surface area contributed by atoms with Gasteiger partial charge in [-0.3, -0.25) is 4.72 Å². The molecule has 148 valence electrons. The van der Waals surface area contributed by atoms with Gasteiger partial charge in [-0.05, 0) is 55.3 Å². The van der Waals surface area contributed by atoms with E-state index in [0.29, 0.717) is 13.1 Å². The number of nitriles is 1. The third kappa shape index (κ3) is 4.52. The van der Waals surface area contributed by atoms with E-state index < -0.39 is 20.0 Å². The first-order valence-corrected chi connectivity index (χ1v) is 11.9. The van der Waals surface area contributed by atoms with E-state index in [0.717, 1.165) is 25.7 Å². The molecule has 2 aromatic rings. The van der Waals surface area contributed by atoms with Crippen molar-refractivity contribution in [3.8, 4) is 6.07 Å². The van der Waals surface area contributed by atoms with Crippen LogP contribution in [0.25, 0.3) is 0 Å². The van der Waals surface area contributed by atoms with Crippen LogP contribution >= 0.6 is 0 Å². The van der Waals surface area contributed by atoms with Gasteiger partial charge in [-0.1, -0.05) is 18.9 Å². The summed E-state index contributed by atoms with van der Waals surface area (Å²) in [7, 11) is -7.47. The molecule has 0 amide bonds. The van der Waals surface area contributed by atoms with E-state index >= 15 is 0 Å². The van der Waals surface area contributed by atoms with Gasteiger partial charge >= 0.3 is 0 Å². The maximum absolute atomic E-state index is 12.8. The molecule has 2 aromatic carbocycles. The zero-order valence-corrected chi connectivity index (χ0v) is 16.8. The van der Waals surface area contributed by atoms with E-state index in [1.54, 1.807) is 0 Å². The second kappa shape index (κ2) is 8.31. The number of anilines is 1. The zero-order valence-electron chi connectivity index (χ0n) is 15.2. The number of rotatable bonds is 5. The smallest absolute Gasteiger partial charge is 0.261 e. The number of sulfonamides is 2. The van der Waals surface area contributed by atoms with Crippen molar-refractivity contribution in [2.45, 2.75) is 35.5 Å². The molecule has 0 unspecified atom stereocenters. The average molecular weight is 420 g/mol. The molecule has 0 atom stereocenters. The van der Waals surface area contributed by atoms with Gasteiger partial charge in [0.1, 0.15) is 0 Å². The molecular weight excluding hydrogens is 398 g/mol. The Morgan fingerprint density at radius 2 is 1.50 bits per heavy atom. The normalized spacial score (nSPS) is 16.1. The second-order valence-electron chi connectivity index (χ2n) is 6.59. The van der Waals surface area contributed by atoms with Crippen LogP contribution in [-0.4, -0.2) is 34.2 Å². The quantitative estimate of drug-likeness (QED) is 0.802. The Morgan fingerprint density at radius 3 is 2.11 bits per heavy atom. The molecule has 0 aromatic heterocycles. The second-order valence-corrected chi connectivity index (χ2v) is 10.2. The molecule has 7 nitrogen and oxygen atoms in total. The van der Waals surface area contributed by atoms with Gasteiger partial charge in [0.05, 0.1) is 21.4 Å². The Labute approximate surface area is 165 Å². The fourth-order valence-electron chi connectivity index (χ4n) is 3.07. The summed E-state index contributed by atoms with van der Waals surface area (Å²) in [5.41, 5.74) is 0.485. The lowest BCUT2D eigenvalue weighted by Gasteiger charge is -2.20. The highest BCUT2D eigenvalue weighted by atomic mass is 32.2. The van der Waals surface area contributed by atoms with E-state index in [2.05, 4.69) is 4.72 Å². The molecule has 9 heteroatoms. The lowest BCUT2D eigenvalue weighted by Crippen LogP contribution is -2.31. The molecule has 1 N–H and O–H groups in total. The summed E-state index contributed by atoms with van der Waals surface area (Å²) < 4.78 is 54.5. The topological polar surface area (TPSA) is 107 Å². The van der Waals surface area contributed by atoms with Gasteiger partial charge in [0.15, 0.2) is 0 Å². The standard InChI is InChI=1S/C19H21N3O4S2/c20-15-16-6-5-7-19(14-16)27(23,24)21-17-8-10-18(11-9-17)28(25,26)22-12-3-1-2-4-13-22/h5-11,14,21H,1-4,12-13H2. The van der Waals surface area contributed by atoms with Crippen molar-refractivity contribution in [2.75, 3.05) is 17.8 Å². The van der Waals surface area contributed by atoms with Gasteiger partial charge in [-0.15, -0.1) is 0 Å². The molecule has 28 heavy (non-hydrogen) atoms. The largest absolute Gasteiger partial charge is 0.280 e. The van der Waals surface area contributed by atoms with Crippen molar-refractivity contribution in [3.63, 3.8) is 0 Å². The maximum atomic E-state index is 12.8. The van der Waals surface area contributed by atoms with Crippen LogP contribution in [0.4, 0.5) is 5.69 Å². The van der Waals surface area contributed by atoms with Gasteiger partial charge in [-0.25, -0.2) is 16.8 Å². The van der Waals surface area contributed by atoms with Crippen molar-refractivity contribution < 1.29 is 16.8 Å². The summed E-state index contributed by atoms with van der Waals surface area (Å²) in [6.45, 7) is 1.01. The minimum absolute atomic E-state index is 0.0344. The minimum Gasteiger partial charge on any atom is -0.280 e. The predicted molar refractivity (Wildman–Crippen MR) is 106 cm³/mol. The summed E-state index contributed by atoms with van der Waals surface area (Å²) in [5, 5.41) is 8.92. The summed E-state index contributed by atoms with van der Waals surface area (Å²) in [6, 6.07) is 13.2. The highest BCUT2D eigenvalue weighted by Crippen LogP contribution is 2.23. The van der Waals surface area contributed by atoms with E-state index in [4.69, 9.17) is 5.26 Å². The zero-order chi connectivity index (χ0) is 20.2. The summed E-state index contributed by atoms with van der Waals surface area (Å²) >= 11 is 0. The molecule has 1 aliphatic rings. The Morgan fingerprint density at radius 1 is 0.857 bits per heavy atom. The Balaban J connectivity index is 1.79.